The van der Waals surface area contributed by atoms with Crippen LogP contribution in [0.1, 0.15) is 12.5 Å². The lowest BCUT2D eigenvalue weighted by Gasteiger charge is -2.14. The average Bonchev–Trinajstić information content (AvgIpc) is 2.74. The Hall–Kier alpha value is -4.00. The highest BCUT2D eigenvalue weighted by Crippen LogP contribution is 2.32. The summed E-state index contributed by atoms with van der Waals surface area (Å²) in [5, 5.41) is 10.6. The van der Waals surface area contributed by atoms with Gasteiger partial charge in [-0.25, -0.2) is 9.37 Å². The number of aromatic nitrogens is 4. The molecular formula is C23H18FN5O. The van der Waals surface area contributed by atoms with E-state index in [9.17, 15) is 9.18 Å². The van der Waals surface area contributed by atoms with Crippen LogP contribution in [0.4, 0.5) is 10.1 Å². The molecule has 0 radical (unpaired) electrons. The van der Waals surface area contributed by atoms with Gasteiger partial charge in [0.1, 0.15) is 11.5 Å². The molecule has 6 nitrogen and oxygen atoms in total. The average molecular weight is 399 g/mol. The van der Waals surface area contributed by atoms with E-state index < -0.39 is 0 Å². The number of pyridine rings is 2. The summed E-state index contributed by atoms with van der Waals surface area (Å²) in [6.07, 6.45) is 4.90. The SMILES string of the molecule is CC(=O)Nc1cc(C)c(-c2ccnnc2)nc1-c1ccc(-c2cccc(F)c2)cn1. The highest BCUT2D eigenvalue weighted by atomic mass is 19.1. The molecule has 0 saturated carbocycles. The summed E-state index contributed by atoms with van der Waals surface area (Å²) in [5.74, 6) is -0.507. The molecule has 1 amide bonds. The van der Waals surface area contributed by atoms with E-state index in [1.807, 2.05) is 31.2 Å². The maximum absolute atomic E-state index is 13.5. The number of aryl methyl sites for hydroxylation is 1. The number of nitrogens with one attached hydrogen (secondary N) is 1. The molecule has 0 aliphatic rings. The molecule has 1 N–H and O–H groups in total. The summed E-state index contributed by atoms with van der Waals surface area (Å²) >= 11 is 0. The zero-order valence-electron chi connectivity index (χ0n) is 16.4. The Kier molecular flexibility index (Phi) is 5.26. The van der Waals surface area contributed by atoms with Crippen LogP contribution in [0.5, 0.6) is 0 Å². The Morgan fingerprint density at radius 3 is 2.47 bits per heavy atom. The van der Waals surface area contributed by atoms with Crippen molar-refractivity contribution in [1.29, 1.82) is 0 Å². The molecule has 3 heterocycles. The molecule has 0 fully saturated rings. The van der Waals surface area contributed by atoms with Gasteiger partial charge in [0, 0.05) is 24.2 Å². The van der Waals surface area contributed by atoms with Crippen LogP contribution in [0.3, 0.4) is 0 Å². The van der Waals surface area contributed by atoms with Gasteiger partial charge >= 0.3 is 0 Å². The topological polar surface area (TPSA) is 80.7 Å². The summed E-state index contributed by atoms with van der Waals surface area (Å²) in [7, 11) is 0. The number of benzene rings is 1. The van der Waals surface area contributed by atoms with Gasteiger partial charge in [-0.3, -0.25) is 9.78 Å². The quantitative estimate of drug-likeness (QED) is 0.539. The van der Waals surface area contributed by atoms with E-state index in [2.05, 4.69) is 20.5 Å². The van der Waals surface area contributed by atoms with E-state index >= 15 is 0 Å². The van der Waals surface area contributed by atoms with Gasteiger partial charge in [0.2, 0.25) is 5.91 Å². The van der Waals surface area contributed by atoms with Gasteiger partial charge in [0.05, 0.1) is 29.5 Å². The summed E-state index contributed by atoms with van der Waals surface area (Å²) in [4.78, 5) is 21.0. The van der Waals surface area contributed by atoms with Crippen LogP contribution < -0.4 is 5.32 Å². The standard InChI is InChI=1S/C23H18FN5O/c1-14-10-21(28-15(2)30)23(29-22(14)18-8-9-26-27-13-18)20-7-6-17(12-25-20)16-4-3-5-19(24)11-16/h3-13H,1-2H3,(H,28,30). The summed E-state index contributed by atoms with van der Waals surface area (Å²) in [6.45, 7) is 3.36. The van der Waals surface area contributed by atoms with Crippen molar-refractivity contribution in [2.75, 3.05) is 5.32 Å². The van der Waals surface area contributed by atoms with Crippen molar-refractivity contribution in [2.24, 2.45) is 0 Å². The molecule has 0 aliphatic carbocycles. The van der Waals surface area contributed by atoms with Crippen LogP contribution >= 0.6 is 0 Å². The fourth-order valence-corrected chi connectivity index (χ4v) is 3.19. The number of hydrogen-bond donors (Lipinski definition) is 1. The molecule has 0 bridgehead atoms. The van der Waals surface area contributed by atoms with E-state index in [1.54, 1.807) is 30.7 Å². The summed E-state index contributed by atoms with van der Waals surface area (Å²) in [6, 6.07) is 13.7. The second-order valence-electron chi connectivity index (χ2n) is 6.80. The van der Waals surface area contributed by atoms with Crippen molar-refractivity contribution < 1.29 is 9.18 Å². The van der Waals surface area contributed by atoms with Gasteiger partial charge in [0.15, 0.2) is 0 Å². The van der Waals surface area contributed by atoms with Gasteiger partial charge in [-0.1, -0.05) is 18.2 Å². The van der Waals surface area contributed by atoms with Gasteiger partial charge in [-0.15, -0.1) is 0 Å². The van der Waals surface area contributed by atoms with E-state index in [0.29, 0.717) is 17.1 Å². The van der Waals surface area contributed by atoms with Gasteiger partial charge < -0.3 is 5.32 Å². The Morgan fingerprint density at radius 2 is 1.80 bits per heavy atom. The Bertz CT molecular complexity index is 1210. The largest absolute Gasteiger partial charge is 0.324 e. The molecule has 0 unspecified atom stereocenters. The molecular weight excluding hydrogens is 381 g/mol. The normalized spacial score (nSPS) is 10.6. The van der Waals surface area contributed by atoms with Crippen molar-refractivity contribution in [1.82, 2.24) is 20.2 Å². The fraction of sp³-hybridized carbons (Fsp3) is 0.0870. The third kappa shape index (κ3) is 4.05. The molecule has 4 rings (SSSR count). The Morgan fingerprint density at radius 1 is 0.933 bits per heavy atom. The maximum Gasteiger partial charge on any atom is 0.221 e. The van der Waals surface area contributed by atoms with Crippen LogP contribution in [0.2, 0.25) is 0 Å². The number of carbonyl (C=O) groups is 1. The number of halogens is 1. The predicted molar refractivity (Wildman–Crippen MR) is 113 cm³/mol. The second kappa shape index (κ2) is 8.16. The van der Waals surface area contributed by atoms with Crippen molar-refractivity contribution >= 4 is 11.6 Å². The predicted octanol–water partition coefficient (Wildman–Crippen LogP) is 4.67. The molecule has 0 aliphatic heterocycles. The highest BCUT2D eigenvalue weighted by molar-refractivity contribution is 5.93. The van der Waals surface area contributed by atoms with Crippen molar-refractivity contribution in [3.8, 4) is 33.8 Å². The fourth-order valence-electron chi connectivity index (χ4n) is 3.19. The molecule has 1 aromatic carbocycles. The van der Waals surface area contributed by atoms with Crippen LogP contribution in [-0.4, -0.2) is 26.1 Å². The van der Waals surface area contributed by atoms with Crippen molar-refractivity contribution in [3.05, 3.63) is 78.5 Å². The number of anilines is 1. The van der Waals surface area contributed by atoms with Crippen LogP contribution in [0, 0.1) is 12.7 Å². The third-order valence-electron chi connectivity index (χ3n) is 4.55. The molecule has 4 aromatic rings. The summed E-state index contributed by atoms with van der Waals surface area (Å²) < 4.78 is 13.5. The molecule has 30 heavy (non-hydrogen) atoms. The van der Waals surface area contributed by atoms with Gasteiger partial charge in [-0.05, 0) is 48.4 Å². The Labute approximate surface area is 172 Å². The van der Waals surface area contributed by atoms with Crippen LogP contribution in [0.25, 0.3) is 33.8 Å². The van der Waals surface area contributed by atoms with Gasteiger partial charge in [-0.2, -0.15) is 10.2 Å². The molecule has 0 saturated heterocycles. The lowest BCUT2D eigenvalue weighted by Crippen LogP contribution is -2.09. The molecule has 0 spiro atoms. The van der Waals surface area contributed by atoms with E-state index in [4.69, 9.17) is 4.98 Å². The van der Waals surface area contributed by atoms with E-state index in [-0.39, 0.29) is 11.7 Å². The minimum Gasteiger partial charge on any atom is -0.324 e. The first-order chi connectivity index (χ1) is 14.5. The first kappa shape index (κ1) is 19.3. The lowest BCUT2D eigenvalue weighted by molar-refractivity contribution is -0.114. The first-order valence-electron chi connectivity index (χ1n) is 9.30. The van der Waals surface area contributed by atoms with E-state index in [1.165, 1.54) is 19.1 Å². The summed E-state index contributed by atoms with van der Waals surface area (Å²) in [5.41, 5.74) is 5.63. The van der Waals surface area contributed by atoms with E-state index in [0.717, 1.165) is 27.9 Å². The van der Waals surface area contributed by atoms with Crippen LogP contribution in [0.15, 0.2) is 67.1 Å². The second-order valence-corrected chi connectivity index (χ2v) is 6.80. The highest BCUT2D eigenvalue weighted by Gasteiger charge is 2.15. The van der Waals surface area contributed by atoms with Crippen LogP contribution in [-0.2, 0) is 4.79 Å². The van der Waals surface area contributed by atoms with Crippen molar-refractivity contribution in [2.45, 2.75) is 13.8 Å². The number of amides is 1. The lowest BCUT2D eigenvalue weighted by atomic mass is 10.0. The molecule has 148 valence electrons. The monoisotopic (exact) mass is 399 g/mol. The van der Waals surface area contributed by atoms with Gasteiger partial charge in [0.25, 0.3) is 0 Å². The first-order valence-corrected chi connectivity index (χ1v) is 9.30. The number of rotatable bonds is 4. The number of hydrogen-bond acceptors (Lipinski definition) is 5. The maximum atomic E-state index is 13.5. The zero-order chi connectivity index (χ0) is 21.1. The Balaban J connectivity index is 1.80. The number of nitrogens with zero attached hydrogens (tertiary/aromatic N) is 4. The molecule has 0 atom stereocenters. The minimum atomic E-state index is -0.305. The minimum absolute atomic E-state index is 0.202. The number of carbonyl (C=O) groups excluding carboxylic acids is 1. The zero-order valence-corrected chi connectivity index (χ0v) is 16.4. The third-order valence-corrected chi connectivity index (χ3v) is 4.55. The van der Waals surface area contributed by atoms with Crippen molar-refractivity contribution in [3.63, 3.8) is 0 Å². The smallest absolute Gasteiger partial charge is 0.221 e. The molecule has 7 heteroatoms. The molecule has 3 aromatic heterocycles.